The van der Waals surface area contributed by atoms with Gasteiger partial charge < -0.3 is 15.0 Å². The van der Waals surface area contributed by atoms with E-state index in [0.717, 1.165) is 23.1 Å². The number of fused-ring (bicyclic) bond motifs is 1. The zero-order valence-electron chi connectivity index (χ0n) is 16.5. The van der Waals surface area contributed by atoms with Crippen molar-refractivity contribution < 1.29 is 18.7 Å². The fraction of sp³-hybridized carbons (Fsp3) is 0.304. The molecule has 29 heavy (non-hydrogen) atoms. The third kappa shape index (κ3) is 4.83. The largest absolute Gasteiger partial charge is 0.484 e. The molecule has 6 heteroatoms. The van der Waals surface area contributed by atoms with Gasteiger partial charge in [-0.2, -0.15) is 0 Å². The molecule has 1 heterocycles. The summed E-state index contributed by atoms with van der Waals surface area (Å²) in [7, 11) is 0. The van der Waals surface area contributed by atoms with Gasteiger partial charge in [0.05, 0.1) is 6.04 Å². The first-order chi connectivity index (χ1) is 14.0. The Balaban J connectivity index is 1.91. The lowest BCUT2D eigenvalue weighted by atomic mass is 9.87. The van der Waals surface area contributed by atoms with Crippen molar-refractivity contribution in [3.8, 4) is 5.75 Å². The lowest BCUT2D eigenvalue weighted by Crippen LogP contribution is -2.40. The molecule has 0 aromatic heterocycles. The summed E-state index contributed by atoms with van der Waals surface area (Å²) >= 11 is 0. The van der Waals surface area contributed by atoms with Gasteiger partial charge >= 0.3 is 0 Å². The lowest BCUT2D eigenvalue weighted by molar-refractivity contribution is -0.133. The number of carbonyl (C=O) groups excluding carboxylic acids is 2. The molecule has 1 atom stereocenters. The van der Waals surface area contributed by atoms with Crippen LogP contribution in [-0.4, -0.2) is 36.4 Å². The standard InChI is InChI=1S/C23H25FN2O3/c1-3-12-25-21(27)15-29-19-10-7-16-11-13-26(22(28)4-2)23(20(16)14-19)17-5-8-18(24)9-6-17/h3,5-10,14,23H,1,4,11-13,15H2,2H3,(H,25,27). The van der Waals surface area contributed by atoms with E-state index in [1.54, 1.807) is 18.2 Å². The SMILES string of the molecule is C=CCNC(=O)COc1ccc2c(c1)C(c1ccc(F)cc1)N(C(=O)CC)CC2. The van der Waals surface area contributed by atoms with Gasteiger partial charge in [-0.05, 0) is 47.4 Å². The normalized spacial score (nSPS) is 15.4. The van der Waals surface area contributed by atoms with Crippen LogP contribution in [0.2, 0.25) is 0 Å². The van der Waals surface area contributed by atoms with Crippen molar-refractivity contribution in [3.63, 3.8) is 0 Å². The highest BCUT2D eigenvalue weighted by Gasteiger charge is 2.31. The van der Waals surface area contributed by atoms with Crippen molar-refractivity contribution in [2.45, 2.75) is 25.8 Å². The summed E-state index contributed by atoms with van der Waals surface area (Å²) < 4.78 is 19.1. The summed E-state index contributed by atoms with van der Waals surface area (Å²) in [6.45, 7) is 6.27. The molecule has 0 bridgehead atoms. The summed E-state index contributed by atoms with van der Waals surface area (Å²) in [6.07, 6.45) is 2.73. The molecule has 3 rings (SSSR count). The van der Waals surface area contributed by atoms with Gasteiger partial charge in [0.2, 0.25) is 5.91 Å². The molecule has 1 aliphatic rings. The molecule has 0 aliphatic carbocycles. The summed E-state index contributed by atoms with van der Waals surface area (Å²) in [4.78, 5) is 26.2. The maximum Gasteiger partial charge on any atom is 0.258 e. The minimum atomic E-state index is -0.319. The molecule has 5 nitrogen and oxygen atoms in total. The molecular weight excluding hydrogens is 371 g/mol. The minimum absolute atomic E-state index is 0.0418. The Morgan fingerprint density at radius 1 is 1.28 bits per heavy atom. The molecule has 1 N–H and O–H groups in total. The van der Waals surface area contributed by atoms with Crippen LogP contribution in [0.1, 0.15) is 36.1 Å². The van der Waals surface area contributed by atoms with E-state index in [0.29, 0.717) is 25.3 Å². The maximum absolute atomic E-state index is 13.5. The number of carbonyl (C=O) groups is 2. The highest BCUT2D eigenvalue weighted by molar-refractivity contribution is 5.78. The van der Waals surface area contributed by atoms with Gasteiger partial charge in [-0.1, -0.05) is 31.2 Å². The van der Waals surface area contributed by atoms with Gasteiger partial charge in [-0.15, -0.1) is 6.58 Å². The highest BCUT2D eigenvalue weighted by atomic mass is 19.1. The molecule has 0 fully saturated rings. The number of hydrogen-bond donors (Lipinski definition) is 1. The monoisotopic (exact) mass is 396 g/mol. The fourth-order valence-corrected chi connectivity index (χ4v) is 3.55. The quantitative estimate of drug-likeness (QED) is 0.730. The molecule has 0 saturated heterocycles. The first-order valence-electron chi connectivity index (χ1n) is 9.71. The Morgan fingerprint density at radius 2 is 2.03 bits per heavy atom. The van der Waals surface area contributed by atoms with Crippen molar-refractivity contribution in [2.24, 2.45) is 0 Å². The Hall–Kier alpha value is -3.15. The van der Waals surface area contributed by atoms with Crippen molar-refractivity contribution in [1.29, 1.82) is 0 Å². The topological polar surface area (TPSA) is 58.6 Å². The van der Waals surface area contributed by atoms with Crippen LogP contribution in [0.25, 0.3) is 0 Å². The Morgan fingerprint density at radius 3 is 2.72 bits per heavy atom. The summed E-state index contributed by atoms with van der Waals surface area (Å²) in [6, 6.07) is 11.6. The van der Waals surface area contributed by atoms with Gasteiger partial charge in [-0.3, -0.25) is 9.59 Å². The Kier molecular flexibility index (Phi) is 6.65. The first kappa shape index (κ1) is 20.6. The van der Waals surface area contributed by atoms with Crippen LogP contribution in [0.5, 0.6) is 5.75 Å². The molecule has 2 aromatic rings. The smallest absolute Gasteiger partial charge is 0.258 e. The van der Waals surface area contributed by atoms with E-state index < -0.39 is 0 Å². The third-order valence-corrected chi connectivity index (χ3v) is 4.97. The molecule has 2 aromatic carbocycles. The number of nitrogens with one attached hydrogen (secondary N) is 1. The summed E-state index contributed by atoms with van der Waals surface area (Å²) in [5.41, 5.74) is 2.90. The number of ether oxygens (including phenoxy) is 1. The van der Waals surface area contributed by atoms with Gasteiger partial charge in [0, 0.05) is 19.5 Å². The van der Waals surface area contributed by atoms with E-state index in [2.05, 4.69) is 11.9 Å². The number of halogens is 1. The van der Waals surface area contributed by atoms with E-state index >= 15 is 0 Å². The van der Waals surface area contributed by atoms with Crippen molar-refractivity contribution in [3.05, 3.63) is 77.6 Å². The van der Waals surface area contributed by atoms with Crippen LogP contribution < -0.4 is 10.1 Å². The van der Waals surface area contributed by atoms with E-state index in [9.17, 15) is 14.0 Å². The number of amides is 2. The molecule has 1 unspecified atom stereocenters. The van der Waals surface area contributed by atoms with Crippen LogP contribution in [0.4, 0.5) is 4.39 Å². The van der Waals surface area contributed by atoms with Crippen molar-refractivity contribution >= 4 is 11.8 Å². The second-order valence-corrected chi connectivity index (χ2v) is 6.89. The number of nitrogens with zero attached hydrogens (tertiary/aromatic N) is 1. The number of hydrogen-bond acceptors (Lipinski definition) is 3. The third-order valence-electron chi connectivity index (χ3n) is 4.97. The van der Waals surface area contributed by atoms with Crippen LogP contribution in [0.15, 0.2) is 55.1 Å². The molecule has 0 saturated carbocycles. The number of rotatable bonds is 7. The number of benzene rings is 2. The summed E-state index contributed by atoms with van der Waals surface area (Å²) in [5.74, 6) is 0.0387. The zero-order valence-corrected chi connectivity index (χ0v) is 16.5. The Bertz CT molecular complexity index is 895. The average molecular weight is 396 g/mol. The van der Waals surface area contributed by atoms with Gasteiger partial charge in [0.15, 0.2) is 6.61 Å². The van der Waals surface area contributed by atoms with E-state index in [4.69, 9.17) is 4.74 Å². The molecule has 0 spiro atoms. The Labute approximate surface area is 170 Å². The summed E-state index contributed by atoms with van der Waals surface area (Å²) in [5, 5.41) is 2.66. The second-order valence-electron chi connectivity index (χ2n) is 6.89. The molecule has 2 amide bonds. The van der Waals surface area contributed by atoms with Gasteiger partial charge in [0.1, 0.15) is 11.6 Å². The van der Waals surface area contributed by atoms with Crippen molar-refractivity contribution in [1.82, 2.24) is 10.2 Å². The van der Waals surface area contributed by atoms with Crippen molar-refractivity contribution in [2.75, 3.05) is 19.7 Å². The van der Waals surface area contributed by atoms with Gasteiger partial charge in [-0.25, -0.2) is 4.39 Å². The van der Waals surface area contributed by atoms with Gasteiger partial charge in [0.25, 0.3) is 5.91 Å². The minimum Gasteiger partial charge on any atom is -0.484 e. The molecule has 0 radical (unpaired) electrons. The van der Waals surface area contributed by atoms with Crippen LogP contribution >= 0.6 is 0 Å². The van der Waals surface area contributed by atoms with E-state index in [1.807, 2.05) is 30.0 Å². The predicted octanol–water partition coefficient (Wildman–Crippen LogP) is 3.39. The van der Waals surface area contributed by atoms with Crippen LogP contribution in [-0.2, 0) is 16.0 Å². The molecular formula is C23H25FN2O3. The highest BCUT2D eigenvalue weighted by Crippen LogP contribution is 2.37. The zero-order chi connectivity index (χ0) is 20.8. The fourth-order valence-electron chi connectivity index (χ4n) is 3.55. The van der Waals surface area contributed by atoms with E-state index in [1.165, 1.54) is 12.1 Å². The second kappa shape index (κ2) is 9.37. The average Bonchev–Trinajstić information content (AvgIpc) is 2.75. The van der Waals surface area contributed by atoms with E-state index in [-0.39, 0.29) is 30.3 Å². The first-order valence-corrected chi connectivity index (χ1v) is 9.71. The predicted molar refractivity (Wildman–Crippen MR) is 109 cm³/mol. The van der Waals surface area contributed by atoms with Crippen LogP contribution in [0, 0.1) is 5.82 Å². The van der Waals surface area contributed by atoms with Crippen LogP contribution in [0.3, 0.4) is 0 Å². The molecule has 1 aliphatic heterocycles. The lowest BCUT2D eigenvalue weighted by Gasteiger charge is -2.38. The molecule has 152 valence electrons. The maximum atomic E-state index is 13.5.